The van der Waals surface area contributed by atoms with Crippen molar-refractivity contribution in [2.24, 2.45) is 5.73 Å². The Morgan fingerprint density at radius 2 is 1.94 bits per heavy atom. The summed E-state index contributed by atoms with van der Waals surface area (Å²) in [4.78, 5) is 0. The number of hydrogen-bond acceptors (Lipinski definition) is 3. The molecule has 0 aliphatic heterocycles. The van der Waals surface area contributed by atoms with Crippen LogP contribution in [0.25, 0.3) is 0 Å². The van der Waals surface area contributed by atoms with Crippen molar-refractivity contribution in [1.82, 2.24) is 9.03 Å². The van der Waals surface area contributed by atoms with E-state index in [0.717, 1.165) is 12.0 Å². The number of nitrogens with one attached hydrogen (secondary N) is 1. The van der Waals surface area contributed by atoms with Gasteiger partial charge in [0.15, 0.2) is 0 Å². The molecule has 0 aromatic heterocycles. The fraction of sp³-hybridized carbons (Fsp3) is 0.500. The van der Waals surface area contributed by atoms with Gasteiger partial charge in [-0.15, -0.1) is 0 Å². The maximum absolute atomic E-state index is 11.9. The molecule has 102 valence electrons. The van der Waals surface area contributed by atoms with E-state index < -0.39 is 10.2 Å². The Bertz CT molecular complexity index is 448. The number of hydrogen-bond donors (Lipinski definition) is 2. The van der Waals surface area contributed by atoms with Crippen molar-refractivity contribution in [2.75, 3.05) is 13.6 Å². The lowest BCUT2D eigenvalue weighted by Crippen LogP contribution is -2.43. The van der Waals surface area contributed by atoms with Crippen molar-refractivity contribution in [3.05, 3.63) is 35.9 Å². The van der Waals surface area contributed by atoms with Gasteiger partial charge in [0.2, 0.25) is 0 Å². The van der Waals surface area contributed by atoms with Gasteiger partial charge in [0.05, 0.1) is 0 Å². The van der Waals surface area contributed by atoms with E-state index in [4.69, 9.17) is 5.73 Å². The first-order chi connectivity index (χ1) is 8.45. The van der Waals surface area contributed by atoms with Crippen molar-refractivity contribution in [3.8, 4) is 0 Å². The molecular formula is C12H21N3O2S. The first-order valence-corrected chi connectivity index (χ1v) is 7.40. The maximum Gasteiger partial charge on any atom is 0.279 e. The van der Waals surface area contributed by atoms with Gasteiger partial charge in [0.25, 0.3) is 10.2 Å². The Kier molecular flexibility index (Phi) is 5.74. The minimum atomic E-state index is -3.46. The van der Waals surface area contributed by atoms with E-state index in [1.165, 1.54) is 4.31 Å². The molecule has 3 N–H and O–H groups in total. The Balaban J connectivity index is 2.57. The third kappa shape index (κ3) is 4.73. The van der Waals surface area contributed by atoms with Gasteiger partial charge in [0, 0.05) is 26.2 Å². The molecule has 1 atom stereocenters. The van der Waals surface area contributed by atoms with Crippen LogP contribution >= 0.6 is 0 Å². The molecule has 0 aliphatic rings. The van der Waals surface area contributed by atoms with Gasteiger partial charge in [-0.2, -0.15) is 12.7 Å². The highest BCUT2D eigenvalue weighted by Gasteiger charge is 2.17. The monoisotopic (exact) mass is 271 g/mol. The zero-order valence-corrected chi connectivity index (χ0v) is 11.7. The number of benzene rings is 1. The highest BCUT2D eigenvalue weighted by atomic mass is 32.2. The summed E-state index contributed by atoms with van der Waals surface area (Å²) in [6.07, 6.45) is 0.741. The van der Waals surface area contributed by atoms with Crippen LogP contribution in [-0.2, 0) is 16.8 Å². The second-order valence-corrected chi connectivity index (χ2v) is 6.13. The molecule has 1 rings (SSSR count). The molecule has 1 aromatic carbocycles. The molecule has 1 unspecified atom stereocenters. The fourth-order valence-corrected chi connectivity index (χ4v) is 2.36. The maximum atomic E-state index is 11.9. The molecule has 0 fully saturated rings. The summed E-state index contributed by atoms with van der Waals surface area (Å²) in [6, 6.07) is 9.31. The molecule has 0 amide bonds. The lowest BCUT2D eigenvalue weighted by atomic mass is 10.2. The van der Waals surface area contributed by atoms with Gasteiger partial charge < -0.3 is 5.73 Å². The molecular weight excluding hydrogens is 250 g/mol. The topological polar surface area (TPSA) is 75.4 Å². The van der Waals surface area contributed by atoms with E-state index in [1.54, 1.807) is 7.05 Å². The summed E-state index contributed by atoms with van der Waals surface area (Å²) < 4.78 is 27.6. The predicted octanol–water partition coefficient (Wildman–Crippen LogP) is 0.690. The van der Waals surface area contributed by atoms with Crippen LogP contribution in [0.5, 0.6) is 0 Å². The van der Waals surface area contributed by atoms with Crippen molar-refractivity contribution in [3.63, 3.8) is 0 Å². The third-order valence-corrected chi connectivity index (χ3v) is 4.19. The van der Waals surface area contributed by atoms with Gasteiger partial charge in [-0.05, 0) is 12.0 Å². The summed E-state index contributed by atoms with van der Waals surface area (Å²) in [5.41, 5.74) is 6.64. The van der Waals surface area contributed by atoms with E-state index in [2.05, 4.69) is 4.72 Å². The van der Waals surface area contributed by atoms with Crippen LogP contribution in [0, 0.1) is 0 Å². The minimum absolute atomic E-state index is 0.148. The summed E-state index contributed by atoms with van der Waals surface area (Å²) in [6.45, 7) is 2.53. The second-order valence-electron chi connectivity index (χ2n) is 4.26. The third-order valence-electron chi connectivity index (χ3n) is 2.71. The van der Waals surface area contributed by atoms with Crippen molar-refractivity contribution in [2.45, 2.75) is 25.9 Å². The average Bonchev–Trinajstić information content (AvgIpc) is 2.37. The van der Waals surface area contributed by atoms with E-state index in [0.29, 0.717) is 6.54 Å². The Labute approximate surface area is 109 Å². The molecule has 5 nitrogen and oxygen atoms in total. The Morgan fingerprint density at radius 1 is 1.33 bits per heavy atom. The smallest absolute Gasteiger partial charge is 0.279 e. The lowest BCUT2D eigenvalue weighted by Gasteiger charge is -2.19. The van der Waals surface area contributed by atoms with Crippen LogP contribution in [0.2, 0.25) is 0 Å². The van der Waals surface area contributed by atoms with E-state index in [-0.39, 0.29) is 12.6 Å². The van der Waals surface area contributed by atoms with Gasteiger partial charge in [0.1, 0.15) is 0 Å². The molecule has 0 spiro atoms. The molecule has 0 saturated heterocycles. The number of nitrogens with zero attached hydrogens (tertiary/aromatic N) is 1. The highest BCUT2D eigenvalue weighted by molar-refractivity contribution is 7.87. The largest absolute Gasteiger partial charge is 0.327 e. The standard InChI is InChI=1S/C12H21N3O2S/c1-3-12(13)9-14-18(16,17)15(2)10-11-7-5-4-6-8-11/h4-8,12,14H,3,9-10,13H2,1-2H3. The molecule has 1 aromatic rings. The summed E-state index contributed by atoms with van der Waals surface area (Å²) >= 11 is 0. The molecule has 18 heavy (non-hydrogen) atoms. The molecule has 6 heteroatoms. The molecule has 0 saturated carbocycles. The highest BCUT2D eigenvalue weighted by Crippen LogP contribution is 2.05. The fourth-order valence-electron chi connectivity index (χ4n) is 1.39. The molecule has 0 bridgehead atoms. The van der Waals surface area contributed by atoms with Gasteiger partial charge in [-0.25, -0.2) is 4.72 Å². The lowest BCUT2D eigenvalue weighted by molar-refractivity contribution is 0.450. The van der Waals surface area contributed by atoms with Crippen LogP contribution in [0.1, 0.15) is 18.9 Å². The van der Waals surface area contributed by atoms with Crippen LogP contribution in [0.15, 0.2) is 30.3 Å². The van der Waals surface area contributed by atoms with Gasteiger partial charge >= 0.3 is 0 Å². The average molecular weight is 271 g/mol. The van der Waals surface area contributed by atoms with Crippen molar-refractivity contribution in [1.29, 1.82) is 0 Å². The minimum Gasteiger partial charge on any atom is -0.327 e. The first-order valence-electron chi connectivity index (χ1n) is 5.96. The van der Waals surface area contributed by atoms with E-state index in [9.17, 15) is 8.42 Å². The SMILES string of the molecule is CCC(N)CNS(=O)(=O)N(C)Cc1ccccc1. The number of rotatable bonds is 7. The summed E-state index contributed by atoms with van der Waals surface area (Å²) in [5, 5.41) is 0. The van der Waals surface area contributed by atoms with Crippen LogP contribution < -0.4 is 10.5 Å². The van der Waals surface area contributed by atoms with Crippen LogP contribution in [0.4, 0.5) is 0 Å². The van der Waals surface area contributed by atoms with Gasteiger partial charge in [-0.1, -0.05) is 37.3 Å². The van der Waals surface area contributed by atoms with E-state index in [1.807, 2.05) is 37.3 Å². The summed E-state index contributed by atoms with van der Waals surface area (Å²) in [7, 11) is -1.91. The van der Waals surface area contributed by atoms with E-state index >= 15 is 0 Å². The zero-order chi connectivity index (χ0) is 13.6. The normalized spacial score (nSPS) is 13.8. The summed E-state index contributed by atoms with van der Waals surface area (Å²) in [5.74, 6) is 0. The Morgan fingerprint density at radius 3 is 2.50 bits per heavy atom. The molecule has 0 radical (unpaired) electrons. The quantitative estimate of drug-likeness (QED) is 0.766. The second kappa shape index (κ2) is 6.84. The van der Waals surface area contributed by atoms with Crippen LogP contribution in [0.3, 0.4) is 0 Å². The predicted molar refractivity (Wildman–Crippen MR) is 73.1 cm³/mol. The van der Waals surface area contributed by atoms with Crippen molar-refractivity contribution < 1.29 is 8.42 Å². The Hall–Kier alpha value is -0.950. The number of nitrogens with two attached hydrogens (primary N) is 1. The van der Waals surface area contributed by atoms with Crippen molar-refractivity contribution >= 4 is 10.2 Å². The van der Waals surface area contributed by atoms with Crippen LogP contribution in [-0.4, -0.2) is 32.4 Å². The van der Waals surface area contributed by atoms with Gasteiger partial charge in [-0.3, -0.25) is 0 Å². The molecule has 0 heterocycles. The molecule has 0 aliphatic carbocycles. The first kappa shape index (κ1) is 15.1. The zero-order valence-electron chi connectivity index (χ0n) is 10.8.